The van der Waals surface area contributed by atoms with Crippen LogP contribution in [0, 0.1) is 5.41 Å². The fourth-order valence-electron chi connectivity index (χ4n) is 3.21. The van der Waals surface area contributed by atoms with Crippen molar-refractivity contribution in [1.82, 2.24) is 9.79 Å². The third-order valence-corrected chi connectivity index (χ3v) is 6.07. The Labute approximate surface area is 145 Å². The molecule has 0 aromatic carbocycles. The summed E-state index contributed by atoms with van der Waals surface area (Å²) in [5.41, 5.74) is 0.301. The molecule has 2 rings (SSSR count). The van der Waals surface area contributed by atoms with Crippen LogP contribution < -0.4 is 4.72 Å². The first kappa shape index (κ1) is 18.7. The molecule has 1 amide bonds. The third-order valence-electron chi connectivity index (χ3n) is 4.17. The maximum Gasteiger partial charge on any atom is 0.252 e. The van der Waals surface area contributed by atoms with Crippen LogP contribution in [0.25, 0.3) is 0 Å². The zero-order valence-corrected chi connectivity index (χ0v) is 15.7. The highest BCUT2D eigenvalue weighted by atomic mass is 35.5. The first-order valence-corrected chi connectivity index (χ1v) is 10.3. The normalized spacial score (nSPS) is 24.8. The van der Waals surface area contributed by atoms with E-state index in [0.29, 0.717) is 30.0 Å². The van der Waals surface area contributed by atoms with Crippen LogP contribution in [0.15, 0.2) is 11.4 Å². The van der Waals surface area contributed by atoms with E-state index < -0.39 is 15.4 Å². The molecular formula is C14H21ClN2O4S2. The van der Waals surface area contributed by atoms with Crippen molar-refractivity contribution in [2.24, 2.45) is 5.41 Å². The smallest absolute Gasteiger partial charge is 0.252 e. The summed E-state index contributed by atoms with van der Waals surface area (Å²) in [6.07, 6.45) is 3.31. The van der Waals surface area contributed by atoms with E-state index in [-0.39, 0.29) is 11.9 Å². The summed E-state index contributed by atoms with van der Waals surface area (Å²) in [6.45, 7) is 0. The van der Waals surface area contributed by atoms with Gasteiger partial charge in [-0.3, -0.25) is 9.63 Å². The number of carbonyl (C=O) groups excluding carboxylic acids is 1. The number of amides is 1. The van der Waals surface area contributed by atoms with E-state index in [1.54, 1.807) is 7.05 Å². The topological polar surface area (TPSA) is 75.7 Å². The molecule has 0 spiro atoms. The maximum atomic E-state index is 12.8. The highest BCUT2D eigenvalue weighted by molar-refractivity contribution is 7.88. The van der Waals surface area contributed by atoms with Gasteiger partial charge in [0.05, 0.1) is 23.1 Å². The number of carbonyl (C=O) groups is 1. The molecule has 9 heteroatoms. The first-order chi connectivity index (χ1) is 10.6. The van der Waals surface area contributed by atoms with Gasteiger partial charge in [-0.05, 0) is 42.7 Å². The van der Waals surface area contributed by atoms with Gasteiger partial charge in [0.2, 0.25) is 10.0 Å². The summed E-state index contributed by atoms with van der Waals surface area (Å²) in [6, 6.07) is 1.61. The van der Waals surface area contributed by atoms with Crippen molar-refractivity contribution in [3.63, 3.8) is 0 Å². The first-order valence-electron chi connectivity index (χ1n) is 7.18. The largest absolute Gasteiger partial charge is 0.275 e. The highest BCUT2D eigenvalue weighted by Gasteiger charge is 2.47. The molecular weight excluding hydrogens is 360 g/mol. The van der Waals surface area contributed by atoms with Gasteiger partial charge in [-0.15, -0.1) is 11.3 Å². The molecule has 0 saturated heterocycles. The number of halogens is 1. The predicted octanol–water partition coefficient (Wildman–Crippen LogP) is 2.05. The van der Waals surface area contributed by atoms with Gasteiger partial charge in [0.15, 0.2) is 0 Å². The van der Waals surface area contributed by atoms with Gasteiger partial charge in [-0.1, -0.05) is 11.6 Å². The SMILES string of the molecule is CON(C)C(=O)[C@@]1(Cc2csc(Cl)c2)CC[C@H](NS(C)(=O)=O)C1. The van der Waals surface area contributed by atoms with Crippen molar-refractivity contribution in [1.29, 1.82) is 0 Å². The second kappa shape index (κ2) is 7.06. The van der Waals surface area contributed by atoms with Gasteiger partial charge in [-0.2, -0.15) is 0 Å². The number of hydrogen-bond donors (Lipinski definition) is 1. The van der Waals surface area contributed by atoms with Crippen LogP contribution >= 0.6 is 22.9 Å². The lowest BCUT2D eigenvalue weighted by Crippen LogP contribution is -2.43. The highest BCUT2D eigenvalue weighted by Crippen LogP contribution is 2.43. The Balaban J connectivity index is 2.24. The molecule has 1 saturated carbocycles. The van der Waals surface area contributed by atoms with E-state index in [1.807, 2.05) is 11.4 Å². The Bertz CT molecular complexity index is 676. The second-order valence-corrected chi connectivity index (χ2v) is 9.35. The fourth-order valence-corrected chi connectivity index (χ4v) is 4.92. The minimum absolute atomic E-state index is 0.139. The molecule has 1 aromatic heterocycles. The molecule has 23 heavy (non-hydrogen) atoms. The number of sulfonamides is 1. The van der Waals surface area contributed by atoms with Crippen molar-refractivity contribution in [2.45, 2.75) is 31.7 Å². The van der Waals surface area contributed by atoms with Gasteiger partial charge >= 0.3 is 0 Å². The van der Waals surface area contributed by atoms with Crippen LogP contribution in [0.5, 0.6) is 0 Å². The Kier molecular flexibility index (Phi) is 5.73. The number of thiophene rings is 1. The van der Waals surface area contributed by atoms with E-state index in [2.05, 4.69) is 4.72 Å². The predicted molar refractivity (Wildman–Crippen MR) is 90.9 cm³/mol. The van der Waals surface area contributed by atoms with Crippen LogP contribution in [0.3, 0.4) is 0 Å². The molecule has 130 valence electrons. The molecule has 1 fully saturated rings. The number of nitrogens with one attached hydrogen (secondary N) is 1. The van der Waals surface area contributed by atoms with E-state index in [9.17, 15) is 13.2 Å². The zero-order chi connectivity index (χ0) is 17.3. The number of rotatable bonds is 6. The molecule has 1 aromatic rings. The van der Waals surface area contributed by atoms with Gasteiger partial charge < -0.3 is 0 Å². The Morgan fingerprint density at radius 2 is 2.30 bits per heavy atom. The van der Waals surface area contributed by atoms with Crippen molar-refractivity contribution >= 4 is 38.9 Å². The van der Waals surface area contributed by atoms with Crippen LogP contribution in [0.4, 0.5) is 0 Å². The van der Waals surface area contributed by atoms with Crippen LogP contribution in [-0.4, -0.2) is 45.8 Å². The zero-order valence-electron chi connectivity index (χ0n) is 13.3. The number of hydroxylamine groups is 2. The van der Waals surface area contributed by atoms with Crippen molar-refractivity contribution in [2.75, 3.05) is 20.4 Å². The molecule has 1 aliphatic rings. The summed E-state index contributed by atoms with van der Waals surface area (Å²) in [4.78, 5) is 17.9. The minimum atomic E-state index is -3.30. The van der Waals surface area contributed by atoms with Gasteiger partial charge in [0, 0.05) is 13.1 Å². The molecule has 0 unspecified atom stereocenters. The summed E-state index contributed by atoms with van der Waals surface area (Å²) in [7, 11) is -0.293. The van der Waals surface area contributed by atoms with E-state index >= 15 is 0 Å². The number of hydrogen-bond acceptors (Lipinski definition) is 5. The molecule has 0 aliphatic heterocycles. The van der Waals surface area contributed by atoms with E-state index in [1.165, 1.54) is 23.5 Å². The summed E-state index contributed by atoms with van der Waals surface area (Å²) in [5, 5.41) is 3.15. The molecule has 0 radical (unpaired) electrons. The van der Waals surface area contributed by atoms with Crippen LogP contribution in [-0.2, 0) is 26.1 Å². The van der Waals surface area contributed by atoms with Crippen molar-refractivity contribution < 1.29 is 18.0 Å². The van der Waals surface area contributed by atoms with Crippen molar-refractivity contribution in [3.8, 4) is 0 Å². The van der Waals surface area contributed by atoms with Crippen LogP contribution in [0.1, 0.15) is 24.8 Å². The lowest BCUT2D eigenvalue weighted by molar-refractivity contribution is -0.180. The van der Waals surface area contributed by atoms with Crippen molar-refractivity contribution in [3.05, 3.63) is 21.3 Å². The summed E-state index contributed by atoms with van der Waals surface area (Å²) < 4.78 is 26.2. The van der Waals surface area contributed by atoms with Gasteiger partial charge in [0.25, 0.3) is 5.91 Å². The van der Waals surface area contributed by atoms with Gasteiger partial charge in [-0.25, -0.2) is 18.2 Å². The molecule has 1 heterocycles. The lowest BCUT2D eigenvalue weighted by atomic mass is 9.79. The lowest BCUT2D eigenvalue weighted by Gasteiger charge is -2.31. The third kappa shape index (κ3) is 4.67. The standard InChI is InChI=1S/C14H21ClN2O4S2/c1-17(21-2)13(18)14(7-10-6-12(15)22-9-10)5-4-11(8-14)16-23(3,19)20/h6,9,11,16H,4-5,7-8H2,1-3H3/t11-,14+/m0/s1. The minimum Gasteiger partial charge on any atom is -0.275 e. The van der Waals surface area contributed by atoms with E-state index in [0.717, 1.165) is 11.8 Å². The molecule has 0 bridgehead atoms. The Morgan fingerprint density at radius 1 is 1.61 bits per heavy atom. The monoisotopic (exact) mass is 380 g/mol. The van der Waals surface area contributed by atoms with E-state index in [4.69, 9.17) is 16.4 Å². The average molecular weight is 381 g/mol. The average Bonchev–Trinajstić information content (AvgIpc) is 3.03. The molecule has 6 nitrogen and oxygen atoms in total. The fraction of sp³-hybridized carbons (Fsp3) is 0.643. The summed E-state index contributed by atoms with van der Waals surface area (Å²) in [5.74, 6) is -0.139. The molecule has 1 N–H and O–H groups in total. The summed E-state index contributed by atoms with van der Waals surface area (Å²) >= 11 is 7.40. The Morgan fingerprint density at radius 3 is 2.83 bits per heavy atom. The van der Waals surface area contributed by atoms with Gasteiger partial charge in [0.1, 0.15) is 0 Å². The quantitative estimate of drug-likeness (QED) is 0.766. The maximum absolute atomic E-state index is 12.8. The Hall–Kier alpha value is -0.670. The number of nitrogens with zero attached hydrogens (tertiary/aromatic N) is 1. The van der Waals surface area contributed by atoms with Crippen LogP contribution in [0.2, 0.25) is 4.34 Å². The second-order valence-electron chi connectivity index (χ2n) is 6.03. The molecule has 1 aliphatic carbocycles. The molecule has 2 atom stereocenters.